The number of aliphatic carboxylic acids is 1. The van der Waals surface area contributed by atoms with Crippen LogP contribution in [0.4, 0.5) is 5.69 Å². The fourth-order valence-electron chi connectivity index (χ4n) is 1.71. The van der Waals surface area contributed by atoms with E-state index in [1.165, 1.54) is 5.56 Å². The number of nitrogens with zero attached hydrogens (tertiary/aromatic N) is 1. The van der Waals surface area contributed by atoms with Crippen LogP contribution in [0, 0.1) is 0 Å². The molecular formula is C14H21NO2. The summed E-state index contributed by atoms with van der Waals surface area (Å²) in [5.41, 5.74) is 2.47. The van der Waals surface area contributed by atoms with Gasteiger partial charge in [-0.2, -0.15) is 0 Å². The number of hydrogen-bond acceptors (Lipinski definition) is 2. The number of anilines is 1. The van der Waals surface area contributed by atoms with E-state index in [4.69, 9.17) is 5.11 Å². The fourth-order valence-corrected chi connectivity index (χ4v) is 1.71. The van der Waals surface area contributed by atoms with E-state index in [1.807, 2.05) is 7.05 Å². The Morgan fingerprint density at radius 3 is 2.35 bits per heavy atom. The monoisotopic (exact) mass is 235 g/mol. The first-order valence-electron chi connectivity index (χ1n) is 6.03. The van der Waals surface area contributed by atoms with Gasteiger partial charge in [0.15, 0.2) is 0 Å². The number of rotatable bonds is 6. The first-order chi connectivity index (χ1) is 8.00. The highest BCUT2D eigenvalue weighted by Gasteiger charge is 2.04. The van der Waals surface area contributed by atoms with Crippen LogP contribution in [0.1, 0.15) is 38.2 Å². The minimum absolute atomic E-state index is 0.231. The smallest absolute Gasteiger partial charge is 0.303 e. The van der Waals surface area contributed by atoms with Crippen LogP contribution in [0.2, 0.25) is 0 Å². The van der Waals surface area contributed by atoms with Crippen LogP contribution in [-0.4, -0.2) is 24.7 Å². The van der Waals surface area contributed by atoms with E-state index in [2.05, 4.69) is 43.0 Å². The first-order valence-corrected chi connectivity index (χ1v) is 6.03. The topological polar surface area (TPSA) is 40.5 Å². The molecule has 0 aromatic heterocycles. The summed E-state index contributed by atoms with van der Waals surface area (Å²) in [5.74, 6) is -0.185. The average molecular weight is 235 g/mol. The lowest BCUT2D eigenvalue weighted by Crippen LogP contribution is -2.19. The van der Waals surface area contributed by atoms with Crippen molar-refractivity contribution in [3.63, 3.8) is 0 Å². The minimum Gasteiger partial charge on any atom is -0.481 e. The summed E-state index contributed by atoms with van der Waals surface area (Å²) in [5, 5.41) is 8.58. The zero-order valence-corrected chi connectivity index (χ0v) is 10.8. The van der Waals surface area contributed by atoms with Crippen molar-refractivity contribution in [1.82, 2.24) is 0 Å². The number of benzene rings is 1. The van der Waals surface area contributed by atoms with E-state index < -0.39 is 5.97 Å². The molecule has 1 aromatic rings. The second kappa shape index (κ2) is 6.28. The van der Waals surface area contributed by atoms with Crippen molar-refractivity contribution < 1.29 is 9.90 Å². The minimum atomic E-state index is -0.728. The average Bonchev–Trinajstić information content (AvgIpc) is 2.28. The molecule has 0 atom stereocenters. The van der Waals surface area contributed by atoms with E-state index in [9.17, 15) is 4.79 Å². The highest BCUT2D eigenvalue weighted by molar-refractivity contribution is 5.66. The highest BCUT2D eigenvalue weighted by Crippen LogP contribution is 2.19. The molecule has 1 aromatic carbocycles. The summed E-state index contributed by atoms with van der Waals surface area (Å²) in [6.45, 7) is 5.12. The van der Waals surface area contributed by atoms with E-state index in [-0.39, 0.29) is 6.42 Å². The number of hydrogen-bond donors (Lipinski definition) is 1. The predicted octanol–water partition coefficient (Wildman–Crippen LogP) is 3.11. The van der Waals surface area contributed by atoms with Gasteiger partial charge in [0, 0.05) is 25.7 Å². The Morgan fingerprint density at radius 2 is 1.88 bits per heavy atom. The van der Waals surface area contributed by atoms with Gasteiger partial charge in [-0.05, 0) is 30.0 Å². The predicted molar refractivity (Wildman–Crippen MR) is 70.7 cm³/mol. The van der Waals surface area contributed by atoms with Crippen LogP contribution in [0.5, 0.6) is 0 Å². The number of carbonyl (C=O) groups is 1. The summed E-state index contributed by atoms with van der Waals surface area (Å²) < 4.78 is 0. The van der Waals surface area contributed by atoms with Crippen molar-refractivity contribution in [3.05, 3.63) is 29.8 Å². The standard InChI is InChI=1S/C14H21NO2/c1-11(2)12-6-8-13(9-7-12)15(3)10-4-5-14(16)17/h6-9,11H,4-5,10H2,1-3H3,(H,16,17). The molecule has 0 bridgehead atoms. The third-order valence-corrected chi connectivity index (χ3v) is 2.88. The van der Waals surface area contributed by atoms with Crippen molar-refractivity contribution in [2.45, 2.75) is 32.6 Å². The maximum Gasteiger partial charge on any atom is 0.303 e. The fraction of sp³-hybridized carbons (Fsp3) is 0.500. The van der Waals surface area contributed by atoms with Gasteiger partial charge in [0.25, 0.3) is 0 Å². The Bertz CT molecular complexity index is 357. The molecule has 0 spiro atoms. The first kappa shape index (κ1) is 13.6. The molecule has 0 saturated carbocycles. The van der Waals surface area contributed by atoms with E-state index in [0.29, 0.717) is 12.3 Å². The van der Waals surface area contributed by atoms with Crippen LogP contribution in [0.3, 0.4) is 0 Å². The summed E-state index contributed by atoms with van der Waals surface area (Å²) in [6, 6.07) is 8.45. The van der Waals surface area contributed by atoms with Gasteiger partial charge in [0.05, 0.1) is 0 Å². The van der Waals surface area contributed by atoms with Crippen molar-refractivity contribution in [3.8, 4) is 0 Å². The SMILES string of the molecule is CC(C)c1ccc(N(C)CCCC(=O)O)cc1. The molecule has 17 heavy (non-hydrogen) atoms. The molecule has 94 valence electrons. The summed E-state index contributed by atoms with van der Waals surface area (Å²) in [6.07, 6.45) is 0.909. The Morgan fingerprint density at radius 1 is 1.29 bits per heavy atom. The molecule has 1 N–H and O–H groups in total. The third-order valence-electron chi connectivity index (χ3n) is 2.88. The van der Waals surface area contributed by atoms with Crippen LogP contribution >= 0.6 is 0 Å². The summed E-state index contributed by atoms with van der Waals surface area (Å²) in [4.78, 5) is 12.5. The molecule has 3 heteroatoms. The second-order valence-electron chi connectivity index (χ2n) is 4.67. The van der Waals surface area contributed by atoms with Crippen molar-refractivity contribution in [2.75, 3.05) is 18.5 Å². The molecule has 0 fully saturated rings. The van der Waals surface area contributed by atoms with Crippen molar-refractivity contribution in [2.24, 2.45) is 0 Å². The molecule has 0 aliphatic rings. The molecular weight excluding hydrogens is 214 g/mol. The molecule has 0 saturated heterocycles. The van der Waals surface area contributed by atoms with Crippen LogP contribution < -0.4 is 4.90 Å². The molecule has 0 amide bonds. The Balaban J connectivity index is 2.51. The summed E-state index contributed by atoms with van der Waals surface area (Å²) >= 11 is 0. The van der Waals surface area contributed by atoms with E-state index in [0.717, 1.165) is 12.2 Å². The van der Waals surface area contributed by atoms with E-state index >= 15 is 0 Å². The quantitative estimate of drug-likeness (QED) is 0.823. The second-order valence-corrected chi connectivity index (χ2v) is 4.67. The zero-order chi connectivity index (χ0) is 12.8. The zero-order valence-electron chi connectivity index (χ0n) is 10.8. The highest BCUT2D eigenvalue weighted by atomic mass is 16.4. The Hall–Kier alpha value is -1.51. The van der Waals surface area contributed by atoms with Gasteiger partial charge in [-0.15, -0.1) is 0 Å². The molecule has 0 radical (unpaired) electrons. The van der Waals surface area contributed by atoms with Gasteiger partial charge in [0.2, 0.25) is 0 Å². The molecule has 0 heterocycles. The molecule has 3 nitrogen and oxygen atoms in total. The maximum atomic E-state index is 10.4. The lowest BCUT2D eigenvalue weighted by Gasteiger charge is -2.19. The number of carboxylic acids is 1. The molecule has 0 unspecified atom stereocenters. The lowest BCUT2D eigenvalue weighted by atomic mass is 10.0. The van der Waals surface area contributed by atoms with Crippen molar-refractivity contribution in [1.29, 1.82) is 0 Å². The number of carboxylic acid groups (broad SMARTS) is 1. The van der Waals surface area contributed by atoms with Crippen LogP contribution in [0.25, 0.3) is 0 Å². The van der Waals surface area contributed by atoms with E-state index in [1.54, 1.807) is 0 Å². The molecule has 1 rings (SSSR count). The largest absolute Gasteiger partial charge is 0.481 e. The molecule has 0 aliphatic heterocycles. The van der Waals surface area contributed by atoms with Crippen molar-refractivity contribution >= 4 is 11.7 Å². The maximum absolute atomic E-state index is 10.4. The van der Waals surface area contributed by atoms with Gasteiger partial charge in [-0.25, -0.2) is 0 Å². The van der Waals surface area contributed by atoms with Gasteiger partial charge in [0.1, 0.15) is 0 Å². The molecule has 0 aliphatic carbocycles. The van der Waals surface area contributed by atoms with Gasteiger partial charge >= 0.3 is 5.97 Å². The van der Waals surface area contributed by atoms with Crippen LogP contribution in [0.15, 0.2) is 24.3 Å². The summed E-state index contributed by atoms with van der Waals surface area (Å²) in [7, 11) is 1.99. The Kier molecular flexibility index (Phi) is 5.01. The van der Waals surface area contributed by atoms with Gasteiger partial charge < -0.3 is 10.0 Å². The van der Waals surface area contributed by atoms with Crippen LogP contribution in [-0.2, 0) is 4.79 Å². The lowest BCUT2D eigenvalue weighted by molar-refractivity contribution is -0.137. The van der Waals surface area contributed by atoms with Gasteiger partial charge in [-0.1, -0.05) is 26.0 Å². The van der Waals surface area contributed by atoms with Gasteiger partial charge in [-0.3, -0.25) is 4.79 Å². The Labute approximate surface area is 103 Å². The normalized spacial score (nSPS) is 10.6. The third kappa shape index (κ3) is 4.47.